The van der Waals surface area contributed by atoms with Gasteiger partial charge in [-0.05, 0) is 68.6 Å². The zero-order chi connectivity index (χ0) is 23.1. The van der Waals surface area contributed by atoms with Gasteiger partial charge in [-0.2, -0.15) is 5.10 Å². The van der Waals surface area contributed by atoms with Gasteiger partial charge in [-0.1, -0.05) is 6.92 Å². The van der Waals surface area contributed by atoms with Gasteiger partial charge in [0.1, 0.15) is 11.7 Å². The molecule has 2 aromatic heterocycles. The van der Waals surface area contributed by atoms with E-state index in [1.54, 1.807) is 16.8 Å². The Labute approximate surface area is 192 Å². The molecule has 2 N–H and O–H groups in total. The van der Waals surface area contributed by atoms with Gasteiger partial charge in [-0.3, -0.25) is 14.7 Å². The molecule has 33 heavy (non-hydrogen) atoms. The van der Waals surface area contributed by atoms with Crippen molar-refractivity contribution in [1.82, 2.24) is 25.1 Å². The summed E-state index contributed by atoms with van der Waals surface area (Å²) in [6, 6.07) is 3.52. The number of aromatic amines is 2. The Morgan fingerprint density at radius 1 is 1.36 bits per heavy atom. The fourth-order valence-corrected chi connectivity index (χ4v) is 5.89. The second-order valence-corrected chi connectivity index (χ2v) is 10.5. The number of carbonyl (C=O) groups excluding carboxylic acids is 2. The number of anilines is 1. The SMILES string of the molecule is Cc1cc2[nH]c(-c3n[nH]c4c3C[C@@H]3C[C@]3(C)C4)nc2cc1N(C)C(=O)C(C)N1CCCC1=O. The Bertz CT molecular complexity index is 1310. The number of aromatic nitrogens is 4. The van der Waals surface area contributed by atoms with Crippen molar-refractivity contribution in [2.24, 2.45) is 11.3 Å². The third-order valence-corrected chi connectivity index (χ3v) is 8.17. The molecule has 8 heteroatoms. The monoisotopic (exact) mass is 446 g/mol. The molecule has 3 atom stereocenters. The van der Waals surface area contributed by atoms with E-state index in [1.807, 2.05) is 26.0 Å². The first kappa shape index (κ1) is 20.4. The summed E-state index contributed by atoms with van der Waals surface area (Å²) in [5.74, 6) is 1.50. The van der Waals surface area contributed by atoms with E-state index < -0.39 is 6.04 Å². The first-order valence-corrected chi connectivity index (χ1v) is 11.9. The van der Waals surface area contributed by atoms with Gasteiger partial charge in [0.2, 0.25) is 11.8 Å². The third-order valence-electron chi connectivity index (χ3n) is 8.17. The lowest BCUT2D eigenvalue weighted by atomic mass is 9.88. The number of carbonyl (C=O) groups is 2. The molecule has 2 aliphatic carbocycles. The van der Waals surface area contributed by atoms with Crippen LogP contribution in [-0.4, -0.2) is 56.5 Å². The van der Waals surface area contributed by atoms with E-state index >= 15 is 0 Å². The second-order valence-electron chi connectivity index (χ2n) is 10.5. The number of nitrogens with zero attached hydrogens (tertiary/aromatic N) is 4. The van der Waals surface area contributed by atoms with E-state index in [0.717, 1.165) is 59.0 Å². The van der Waals surface area contributed by atoms with Crippen LogP contribution in [0.1, 0.15) is 49.9 Å². The molecule has 2 fully saturated rings. The van der Waals surface area contributed by atoms with Gasteiger partial charge >= 0.3 is 0 Å². The Morgan fingerprint density at radius 2 is 2.18 bits per heavy atom. The molecule has 1 saturated heterocycles. The maximum atomic E-state index is 13.2. The lowest BCUT2D eigenvalue weighted by Crippen LogP contribution is -2.46. The summed E-state index contributed by atoms with van der Waals surface area (Å²) < 4.78 is 0. The number of likely N-dealkylation sites (N-methyl/N-ethyl adjacent to an activating group) is 1. The second kappa shape index (κ2) is 6.92. The largest absolute Gasteiger partial charge is 0.337 e. The van der Waals surface area contributed by atoms with Crippen molar-refractivity contribution in [2.45, 2.75) is 58.9 Å². The zero-order valence-corrected chi connectivity index (χ0v) is 19.7. The average Bonchev–Trinajstić information content (AvgIpc) is 3.15. The average molecular weight is 447 g/mol. The summed E-state index contributed by atoms with van der Waals surface area (Å²) in [6.45, 7) is 6.82. The Morgan fingerprint density at radius 3 is 2.94 bits per heavy atom. The van der Waals surface area contributed by atoms with E-state index in [0.29, 0.717) is 18.4 Å². The standard InChI is InChI=1S/C25H30N6O2/c1-13-8-17-18(10-20(13)30(4)24(33)14(2)31-7-5-6-21(31)32)27-23(26-17)22-16-9-15-11-25(15,3)12-19(16)28-29-22/h8,10,14-15H,5-7,9,11-12H2,1-4H3,(H,26,27)(H,28,29)/t14?,15-,25-/m1/s1. The maximum Gasteiger partial charge on any atom is 0.249 e. The summed E-state index contributed by atoms with van der Waals surface area (Å²) >= 11 is 0. The van der Waals surface area contributed by atoms with Gasteiger partial charge in [-0.25, -0.2) is 4.98 Å². The molecule has 1 saturated carbocycles. The molecule has 0 spiro atoms. The van der Waals surface area contributed by atoms with Crippen molar-refractivity contribution in [1.29, 1.82) is 0 Å². The molecule has 0 bridgehead atoms. The normalized spacial score (nSPS) is 24.7. The minimum Gasteiger partial charge on any atom is -0.337 e. The first-order chi connectivity index (χ1) is 15.7. The zero-order valence-electron chi connectivity index (χ0n) is 19.7. The number of aryl methyl sites for hydroxylation is 1. The van der Waals surface area contributed by atoms with E-state index in [9.17, 15) is 9.59 Å². The fraction of sp³-hybridized carbons (Fsp3) is 0.520. The molecule has 8 nitrogen and oxygen atoms in total. The minimum absolute atomic E-state index is 0.0576. The number of nitrogens with one attached hydrogen (secondary N) is 2. The molecule has 3 heterocycles. The van der Waals surface area contributed by atoms with Crippen molar-refractivity contribution < 1.29 is 9.59 Å². The molecule has 3 aliphatic rings. The van der Waals surface area contributed by atoms with Crippen LogP contribution in [0.4, 0.5) is 5.69 Å². The molecular weight excluding hydrogens is 416 g/mol. The highest BCUT2D eigenvalue weighted by molar-refractivity contribution is 6.01. The lowest BCUT2D eigenvalue weighted by molar-refractivity contribution is -0.135. The van der Waals surface area contributed by atoms with Crippen LogP contribution in [0, 0.1) is 18.3 Å². The van der Waals surface area contributed by atoms with Crippen molar-refractivity contribution >= 4 is 28.5 Å². The van der Waals surface area contributed by atoms with Gasteiger partial charge < -0.3 is 14.8 Å². The lowest BCUT2D eigenvalue weighted by Gasteiger charge is -2.28. The van der Waals surface area contributed by atoms with Gasteiger partial charge in [0, 0.05) is 37.0 Å². The van der Waals surface area contributed by atoms with Crippen molar-refractivity contribution in [3.8, 4) is 11.5 Å². The van der Waals surface area contributed by atoms with E-state index in [2.05, 4.69) is 22.1 Å². The van der Waals surface area contributed by atoms with Gasteiger partial charge in [0.05, 0.1) is 11.0 Å². The Kier molecular flexibility index (Phi) is 4.29. The Hall–Kier alpha value is -3.16. The first-order valence-electron chi connectivity index (χ1n) is 11.9. The summed E-state index contributed by atoms with van der Waals surface area (Å²) in [6.07, 6.45) is 4.76. The van der Waals surface area contributed by atoms with Crippen LogP contribution in [0.15, 0.2) is 12.1 Å². The van der Waals surface area contributed by atoms with Crippen LogP contribution in [0.5, 0.6) is 0 Å². The predicted molar refractivity (Wildman–Crippen MR) is 126 cm³/mol. The number of hydrogen-bond acceptors (Lipinski definition) is 4. The van der Waals surface area contributed by atoms with E-state index in [1.165, 1.54) is 17.7 Å². The van der Waals surface area contributed by atoms with Gasteiger partial charge in [-0.15, -0.1) is 0 Å². The molecule has 6 rings (SSSR count). The number of amides is 2. The summed E-state index contributed by atoms with van der Waals surface area (Å²) in [5.41, 5.74) is 7.42. The number of benzene rings is 1. The maximum absolute atomic E-state index is 13.2. The van der Waals surface area contributed by atoms with Crippen LogP contribution in [0.3, 0.4) is 0 Å². The summed E-state index contributed by atoms with van der Waals surface area (Å²) in [5, 5.41) is 7.87. The molecule has 3 aromatic rings. The Balaban J connectivity index is 1.31. The molecule has 1 unspecified atom stereocenters. The number of H-pyrrole nitrogens is 2. The van der Waals surface area contributed by atoms with Crippen molar-refractivity contribution in [3.63, 3.8) is 0 Å². The number of fused-ring (bicyclic) bond motifs is 3. The van der Waals surface area contributed by atoms with Gasteiger partial charge in [0.25, 0.3) is 0 Å². The van der Waals surface area contributed by atoms with Crippen molar-refractivity contribution in [2.75, 3.05) is 18.5 Å². The van der Waals surface area contributed by atoms with Crippen LogP contribution < -0.4 is 4.90 Å². The number of hydrogen-bond donors (Lipinski definition) is 2. The molecule has 1 aliphatic heterocycles. The quantitative estimate of drug-likeness (QED) is 0.642. The van der Waals surface area contributed by atoms with Crippen LogP contribution in [0.2, 0.25) is 0 Å². The highest BCUT2D eigenvalue weighted by Crippen LogP contribution is 2.59. The topological polar surface area (TPSA) is 98.0 Å². The molecule has 0 radical (unpaired) electrons. The minimum atomic E-state index is -0.474. The molecule has 1 aromatic carbocycles. The van der Waals surface area contributed by atoms with E-state index in [-0.39, 0.29) is 11.8 Å². The van der Waals surface area contributed by atoms with Crippen LogP contribution in [0.25, 0.3) is 22.6 Å². The highest BCUT2D eigenvalue weighted by atomic mass is 16.2. The van der Waals surface area contributed by atoms with Crippen LogP contribution >= 0.6 is 0 Å². The number of rotatable bonds is 4. The van der Waals surface area contributed by atoms with Crippen LogP contribution in [-0.2, 0) is 22.4 Å². The van der Waals surface area contributed by atoms with Gasteiger partial charge in [0.15, 0.2) is 5.82 Å². The molecule has 2 amide bonds. The number of likely N-dealkylation sites (tertiary alicyclic amines) is 1. The third kappa shape index (κ3) is 3.10. The molecule has 172 valence electrons. The molecular formula is C25H30N6O2. The van der Waals surface area contributed by atoms with Crippen molar-refractivity contribution in [3.05, 3.63) is 29.0 Å². The van der Waals surface area contributed by atoms with E-state index in [4.69, 9.17) is 4.98 Å². The predicted octanol–water partition coefficient (Wildman–Crippen LogP) is 3.36. The summed E-state index contributed by atoms with van der Waals surface area (Å²) in [4.78, 5) is 36.9. The summed E-state index contributed by atoms with van der Waals surface area (Å²) in [7, 11) is 1.78. The fourth-order valence-electron chi connectivity index (χ4n) is 5.89. The highest BCUT2D eigenvalue weighted by Gasteiger charge is 2.53. The smallest absolute Gasteiger partial charge is 0.249 e. The number of imidazole rings is 1.